The van der Waals surface area contributed by atoms with Gasteiger partial charge in [-0.05, 0) is 54.4 Å². The van der Waals surface area contributed by atoms with E-state index in [2.05, 4.69) is 23.4 Å². The van der Waals surface area contributed by atoms with Gasteiger partial charge in [0, 0.05) is 19.3 Å². The largest absolute Gasteiger partial charge is 0.369 e. The summed E-state index contributed by atoms with van der Waals surface area (Å²) in [6.45, 7) is 14.5. The Labute approximate surface area is 199 Å². The van der Waals surface area contributed by atoms with Crippen LogP contribution >= 0.6 is 0 Å². The Morgan fingerprint density at radius 3 is 2.41 bits per heavy atom. The van der Waals surface area contributed by atoms with E-state index >= 15 is 0 Å². The molecule has 182 valence electrons. The summed E-state index contributed by atoms with van der Waals surface area (Å²) in [5.41, 5.74) is 4.54. The van der Waals surface area contributed by atoms with E-state index in [0.717, 1.165) is 12.1 Å². The molecule has 2 aliphatic rings. The highest BCUT2D eigenvalue weighted by Gasteiger charge is 2.57. The Morgan fingerprint density at radius 2 is 1.85 bits per heavy atom. The maximum atomic E-state index is 14.5. The van der Waals surface area contributed by atoms with Gasteiger partial charge in [-0.3, -0.25) is 9.59 Å². The Hall–Kier alpha value is -3.16. The van der Waals surface area contributed by atoms with E-state index in [1.807, 2.05) is 20.8 Å². The molecular weight excluding hydrogens is 438 g/mol. The highest BCUT2D eigenvalue weighted by molar-refractivity contribution is 5.86. The third-order valence-electron chi connectivity index (χ3n) is 7.81. The first-order valence-electron chi connectivity index (χ1n) is 11.4. The standard InChI is InChI=1S/C26H32F2N4O2/c1-6-30-31-21(22-19(27)8-7-9-20(22)28)14-16(2)18-10-12-26(5,25(18,3)4)24(34)32-13-11-17(15-32)23(29)33/h6-9,14,17-18H,1-2,10-13,15H2,3-5H3,(H2,29,33)/b21-14-,31-30-/t17?,18?,26-/m1/s1. The van der Waals surface area contributed by atoms with Gasteiger partial charge in [-0.2, -0.15) is 10.2 Å². The molecule has 1 heterocycles. The maximum Gasteiger partial charge on any atom is 0.229 e. The lowest BCUT2D eigenvalue weighted by molar-refractivity contribution is -0.146. The van der Waals surface area contributed by atoms with Gasteiger partial charge in [-0.15, -0.1) is 0 Å². The molecule has 1 aliphatic heterocycles. The van der Waals surface area contributed by atoms with E-state index in [9.17, 15) is 18.4 Å². The fraction of sp³-hybridized carbons (Fsp3) is 0.462. The van der Waals surface area contributed by atoms with Gasteiger partial charge in [0.25, 0.3) is 0 Å². The van der Waals surface area contributed by atoms with Crippen LogP contribution in [0.4, 0.5) is 8.78 Å². The van der Waals surface area contributed by atoms with Crippen LogP contribution in [0.5, 0.6) is 0 Å². The van der Waals surface area contributed by atoms with E-state index in [1.165, 1.54) is 18.3 Å². The molecule has 1 saturated carbocycles. The van der Waals surface area contributed by atoms with Gasteiger partial charge in [0.1, 0.15) is 11.6 Å². The molecule has 2 unspecified atom stereocenters. The molecule has 0 radical (unpaired) electrons. The summed E-state index contributed by atoms with van der Waals surface area (Å²) in [5, 5.41) is 7.69. The topological polar surface area (TPSA) is 88.1 Å². The van der Waals surface area contributed by atoms with Gasteiger partial charge >= 0.3 is 0 Å². The molecular formula is C26H32F2N4O2. The van der Waals surface area contributed by atoms with Gasteiger partial charge in [0.15, 0.2) is 0 Å². The zero-order chi connectivity index (χ0) is 25.3. The van der Waals surface area contributed by atoms with Gasteiger partial charge in [-0.1, -0.05) is 40.0 Å². The van der Waals surface area contributed by atoms with E-state index in [-0.39, 0.29) is 34.9 Å². The summed E-state index contributed by atoms with van der Waals surface area (Å²) in [7, 11) is 0. The minimum absolute atomic E-state index is 0.0000671. The fourth-order valence-electron chi connectivity index (χ4n) is 5.33. The molecule has 6 nitrogen and oxygen atoms in total. The van der Waals surface area contributed by atoms with Crippen LogP contribution in [0.2, 0.25) is 0 Å². The Bertz CT molecular complexity index is 1060. The number of likely N-dealkylation sites (tertiary alicyclic amines) is 1. The molecule has 1 aliphatic carbocycles. The Balaban J connectivity index is 1.91. The van der Waals surface area contributed by atoms with Crippen molar-refractivity contribution in [3.8, 4) is 0 Å². The lowest BCUT2D eigenvalue weighted by Gasteiger charge is -2.43. The van der Waals surface area contributed by atoms with Crippen molar-refractivity contribution in [2.24, 2.45) is 38.6 Å². The van der Waals surface area contributed by atoms with Crippen LogP contribution < -0.4 is 5.73 Å². The predicted molar refractivity (Wildman–Crippen MR) is 127 cm³/mol. The quantitative estimate of drug-likeness (QED) is 0.437. The van der Waals surface area contributed by atoms with E-state index < -0.39 is 22.5 Å². The van der Waals surface area contributed by atoms with Crippen LogP contribution in [0, 0.1) is 34.3 Å². The number of rotatable bonds is 7. The second-order valence-corrected chi connectivity index (χ2v) is 9.88. The van der Waals surface area contributed by atoms with E-state index in [1.54, 1.807) is 4.90 Å². The van der Waals surface area contributed by atoms with Crippen molar-refractivity contribution in [2.45, 2.75) is 40.0 Å². The van der Waals surface area contributed by atoms with Gasteiger partial charge in [0.2, 0.25) is 11.8 Å². The summed E-state index contributed by atoms with van der Waals surface area (Å²) in [6, 6.07) is 3.59. The normalized spacial score (nSPS) is 26.7. The van der Waals surface area contributed by atoms with Gasteiger partial charge in [0.05, 0.1) is 22.6 Å². The average Bonchev–Trinajstić information content (AvgIpc) is 3.35. The van der Waals surface area contributed by atoms with Crippen LogP contribution in [0.25, 0.3) is 5.70 Å². The lowest BCUT2D eigenvalue weighted by Crippen LogP contribution is -2.48. The molecule has 3 atom stereocenters. The monoisotopic (exact) mass is 470 g/mol. The first kappa shape index (κ1) is 25.5. The number of primary amides is 1. The van der Waals surface area contributed by atoms with Crippen LogP contribution in [0.3, 0.4) is 0 Å². The molecule has 34 heavy (non-hydrogen) atoms. The molecule has 0 aromatic heterocycles. The highest BCUT2D eigenvalue weighted by atomic mass is 19.1. The second kappa shape index (κ2) is 9.60. The molecule has 8 heteroatoms. The summed E-state index contributed by atoms with van der Waals surface area (Å²) in [6.07, 6.45) is 4.58. The third-order valence-corrected chi connectivity index (χ3v) is 7.81. The summed E-state index contributed by atoms with van der Waals surface area (Å²) in [4.78, 5) is 26.9. The summed E-state index contributed by atoms with van der Waals surface area (Å²) >= 11 is 0. The smallest absolute Gasteiger partial charge is 0.229 e. The Kier molecular flexibility index (Phi) is 7.19. The lowest BCUT2D eigenvalue weighted by atomic mass is 9.63. The van der Waals surface area contributed by atoms with Crippen molar-refractivity contribution < 1.29 is 18.4 Å². The van der Waals surface area contributed by atoms with Crippen molar-refractivity contribution in [3.05, 3.63) is 66.4 Å². The average molecular weight is 471 g/mol. The first-order valence-corrected chi connectivity index (χ1v) is 11.4. The number of azo groups is 1. The molecule has 0 spiro atoms. The zero-order valence-electron chi connectivity index (χ0n) is 20.0. The van der Waals surface area contributed by atoms with Gasteiger partial charge < -0.3 is 10.6 Å². The minimum Gasteiger partial charge on any atom is -0.369 e. The third kappa shape index (κ3) is 4.45. The van der Waals surface area contributed by atoms with Gasteiger partial charge in [-0.25, -0.2) is 8.78 Å². The number of halogens is 2. The number of benzene rings is 1. The number of nitrogens with zero attached hydrogens (tertiary/aromatic N) is 3. The highest BCUT2D eigenvalue weighted by Crippen LogP contribution is 2.59. The summed E-state index contributed by atoms with van der Waals surface area (Å²) in [5.74, 6) is -2.37. The molecule has 1 aromatic carbocycles. The predicted octanol–water partition coefficient (Wildman–Crippen LogP) is 5.23. The Morgan fingerprint density at radius 1 is 1.21 bits per heavy atom. The number of hydrogen-bond acceptors (Lipinski definition) is 4. The number of amides is 2. The fourth-order valence-corrected chi connectivity index (χ4v) is 5.33. The number of hydrogen-bond donors (Lipinski definition) is 1. The van der Waals surface area contributed by atoms with Crippen LogP contribution in [-0.2, 0) is 9.59 Å². The first-order chi connectivity index (χ1) is 15.9. The molecule has 1 aromatic rings. The van der Waals surface area contributed by atoms with Crippen molar-refractivity contribution >= 4 is 17.5 Å². The van der Waals surface area contributed by atoms with Crippen LogP contribution in [0.15, 0.2) is 59.4 Å². The second-order valence-electron chi connectivity index (χ2n) is 9.88. The zero-order valence-corrected chi connectivity index (χ0v) is 20.0. The summed E-state index contributed by atoms with van der Waals surface area (Å²) < 4.78 is 29.0. The van der Waals surface area contributed by atoms with E-state index in [4.69, 9.17) is 5.73 Å². The van der Waals surface area contributed by atoms with Crippen molar-refractivity contribution in [2.75, 3.05) is 13.1 Å². The van der Waals surface area contributed by atoms with Crippen molar-refractivity contribution in [1.82, 2.24) is 4.90 Å². The maximum absolute atomic E-state index is 14.5. The van der Waals surface area contributed by atoms with Crippen molar-refractivity contribution in [3.63, 3.8) is 0 Å². The molecule has 2 fully saturated rings. The van der Waals surface area contributed by atoms with Crippen LogP contribution in [0.1, 0.15) is 45.6 Å². The van der Waals surface area contributed by atoms with E-state index in [0.29, 0.717) is 37.9 Å². The molecule has 2 amide bonds. The number of allylic oxidation sites excluding steroid dienone is 2. The van der Waals surface area contributed by atoms with Crippen LogP contribution in [-0.4, -0.2) is 29.8 Å². The molecule has 0 bridgehead atoms. The molecule has 2 N–H and O–H groups in total. The molecule has 3 rings (SSSR count). The molecule has 1 saturated heterocycles. The minimum atomic E-state index is -0.759. The number of carbonyl (C=O) groups is 2. The van der Waals surface area contributed by atoms with Crippen molar-refractivity contribution in [1.29, 1.82) is 0 Å². The SMILES string of the molecule is C=C/N=N\C(=C/C(=C)C1CC[C@](C)(C(=O)N2CCC(C(N)=O)C2)C1(C)C)c1c(F)cccc1F. The number of nitrogens with two attached hydrogens (primary N) is 1. The number of carbonyl (C=O) groups excluding carboxylic acids is 2.